The molecule has 0 spiro atoms. The number of hydrogen-bond donors (Lipinski definition) is 1. The van der Waals surface area contributed by atoms with E-state index in [1.54, 1.807) is 0 Å². The predicted molar refractivity (Wildman–Crippen MR) is 6.67 cm³/mol. The van der Waals surface area contributed by atoms with Gasteiger partial charge in [-0.05, 0) is 0 Å². The van der Waals surface area contributed by atoms with E-state index in [2.05, 4.69) is 0 Å². The summed E-state index contributed by atoms with van der Waals surface area (Å²) in [4.78, 5) is 0. The molecule has 0 unspecified atom stereocenters. The van der Waals surface area contributed by atoms with Crippen LogP contribution in [0.25, 0.3) is 0 Å². The van der Waals surface area contributed by atoms with Gasteiger partial charge in [0.2, 0.25) is 0 Å². The minimum atomic E-state index is 0. The molecule has 40 valence electrons. The Hall–Kier alpha value is 0.433. The zero-order valence-electron chi connectivity index (χ0n) is 3.04. The van der Waals surface area contributed by atoms with Gasteiger partial charge in [0, 0.05) is 0 Å². The number of rotatable bonds is 0. The molecule has 0 saturated carbocycles. The van der Waals surface area contributed by atoms with E-state index < -0.39 is 0 Å². The van der Waals surface area contributed by atoms with Gasteiger partial charge in [-0.1, -0.05) is 0 Å². The second-order valence-electron chi connectivity index (χ2n) is 0. The summed E-state index contributed by atoms with van der Waals surface area (Å²) < 4.78 is 8.34. The van der Waals surface area contributed by atoms with Crippen LogP contribution in [0.15, 0.2) is 0 Å². The first-order valence-corrected chi connectivity index (χ1v) is 1.21. The van der Waals surface area contributed by atoms with Gasteiger partial charge in [0.15, 0.2) is 0 Å². The van der Waals surface area contributed by atoms with Crippen LogP contribution in [-0.2, 0) is 27.5 Å². The normalized spacial score (nSPS) is 1.00. The van der Waals surface area contributed by atoms with Gasteiger partial charge < -0.3 is 20.3 Å². The fourth-order valence-electron chi connectivity index (χ4n) is 0. The van der Waals surface area contributed by atoms with E-state index in [1.807, 2.05) is 0 Å². The van der Waals surface area contributed by atoms with E-state index >= 15 is 0 Å². The minimum absolute atomic E-state index is 0. The molecular formula is H4F3NOZr. The summed E-state index contributed by atoms with van der Waals surface area (Å²) in [5.74, 6) is 0. The van der Waals surface area contributed by atoms with Gasteiger partial charge in [0.25, 0.3) is 0 Å². The Morgan fingerprint density at radius 3 is 0.833 bits per heavy atom. The van der Waals surface area contributed by atoms with Gasteiger partial charge in [0.05, 0.1) is 0 Å². The molecule has 0 aromatic carbocycles. The molecule has 0 fully saturated rings. The summed E-state index contributed by atoms with van der Waals surface area (Å²) in [5.41, 5.74) is 0. The fourth-order valence-corrected chi connectivity index (χ4v) is 0. The van der Waals surface area contributed by atoms with E-state index in [4.69, 9.17) is 2.81 Å². The van der Waals surface area contributed by atoms with E-state index in [-0.39, 0.29) is 20.3 Å². The van der Waals surface area contributed by atoms with Crippen molar-refractivity contribution in [3.63, 3.8) is 0 Å². The van der Waals surface area contributed by atoms with E-state index in [1.165, 1.54) is 0 Å². The molecule has 0 bridgehead atoms. The Bertz CT molecular complexity index is 10.8. The van der Waals surface area contributed by atoms with Gasteiger partial charge in [-0.2, -0.15) is 0 Å². The molecule has 0 rings (SSSR count). The molecule has 0 aliphatic heterocycles. The second kappa shape index (κ2) is 569. The van der Waals surface area contributed by atoms with Crippen LogP contribution in [0.3, 0.4) is 0 Å². The van der Waals surface area contributed by atoms with Gasteiger partial charge in [-0.15, -0.1) is 0 Å². The van der Waals surface area contributed by atoms with Gasteiger partial charge >= 0.3 is 27.5 Å². The monoisotopic (exact) mass is 181 g/mol. The van der Waals surface area contributed by atoms with E-state index in [0.717, 1.165) is 0 Å². The molecule has 0 aliphatic rings. The van der Waals surface area contributed by atoms with Crippen molar-refractivity contribution in [1.82, 2.24) is 6.15 Å². The van der Waals surface area contributed by atoms with Crippen LogP contribution >= 0.6 is 0 Å². The van der Waals surface area contributed by atoms with Crippen molar-refractivity contribution in [2.24, 2.45) is 0 Å². The van der Waals surface area contributed by atoms with Crippen molar-refractivity contribution < 1.29 is 41.6 Å². The van der Waals surface area contributed by atoms with Crippen LogP contribution in [0.5, 0.6) is 0 Å². The zero-order chi connectivity index (χ0) is 2.00. The quantitative estimate of drug-likeness (QED) is 0.397. The Morgan fingerprint density at radius 1 is 0.833 bits per heavy atom. The average Bonchev–Trinajstić information content (AvgIpc) is 1.00. The molecule has 6 heavy (non-hydrogen) atoms. The summed E-state index contributed by atoms with van der Waals surface area (Å²) in [6, 6.07) is 0. The number of quaternary nitrogens is 1. The molecule has 0 aliphatic carbocycles. The first-order valence-electron chi connectivity index (χ1n) is 0.204. The third-order valence-electron chi connectivity index (χ3n) is 0. The SMILES string of the molecule is [F-].[F-].[F-].[NH4+].[O]=[Zr+2]. The third-order valence-corrected chi connectivity index (χ3v) is 0. The third kappa shape index (κ3) is 279. The predicted octanol–water partition coefficient (Wildman–Crippen LogP) is -8.73. The Morgan fingerprint density at radius 2 is 0.833 bits per heavy atom. The van der Waals surface area contributed by atoms with E-state index in [0.29, 0.717) is 24.7 Å². The molecule has 0 heterocycles. The molecule has 4 N–H and O–H groups in total. The summed E-state index contributed by atoms with van der Waals surface area (Å²) in [5, 5.41) is 0. The van der Waals surface area contributed by atoms with Crippen LogP contribution in [0, 0.1) is 0 Å². The van der Waals surface area contributed by atoms with Crippen molar-refractivity contribution in [2.75, 3.05) is 0 Å². The topological polar surface area (TPSA) is 53.6 Å². The molecule has 0 radical (unpaired) electrons. The average molecular weight is 182 g/mol. The van der Waals surface area contributed by atoms with Crippen molar-refractivity contribution in [3.8, 4) is 0 Å². The molecule has 0 amide bonds. The summed E-state index contributed by atoms with van der Waals surface area (Å²) in [7, 11) is 0. The summed E-state index contributed by atoms with van der Waals surface area (Å²) >= 11 is 0.300. The van der Waals surface area contributed by atoms with Crippen LogP contribution in [0.4, 0.5) is 0 Å². The molecule has 0 atom stereocenters. The molecule has 6 heteroatoms. The van der Waals surface area contributed by atoms with Crippen LogP contribution in [-0.4, -0.2) is 0 Å². The van der Waals surface area contributed by atoms with Crippen molar-refractivity contribution in [2.45, 2.75) is 0 Å². The first-order chi connectivity index (χ1) is 1.00. The zero-order valence-corrected chi connectivity index (χ0v) is 5.50. The summed E-state index contributed by atoms with van der Waals surface area (Å²) in [6.45, 7) is 0. The Labute approximate surface area is 48.3 Å². The molecular weight excluding hydrogens is 178 g/mol. The Balaban J connectivity index is -0.000000000833. The molecule has 2 nitrogen and oxygen atoms in total. The number of halogens is 3. The van der Waals surface area contributed by atoms with Gasteiger partial charge in [0.1, 0.15) is 0 Å². The molecule has 0 aromatic rings. The van der Waals surface area contributed by atoms with Crippen molar-refractivity contribution in [1.29, 1.82) is 0 Å². The molecule has 0 saturated heterocycles. The van der Waals surface area contributed by atoms with Gasteiger partial charge in [-0.25, -0.2) is 0 Å². The fraction of sp³-hybridized carbons (Fsp3) is 0. The standard InChI is InChI=1S/3FH.H3N.O.Zr/h3*1H;1H3;;/q;;;;;+2/p-2. The maximum atomic E-state index is 8.34. The summed E-state index contributed by atoms with van der Waals surface area (Å²) in [6.07, 6.45) is 0. The second-order valence-corrected chi connectivity index (χ2v) is 0. The van der Waals surface area contributed by atoms with Crippen LogP contribution < -0.4 is 20.3 Å². The number of hydrogen-bond acceptors (Lipinski definition) is 1. The maximum absolute atomic E-state index is 8.34. The van der Waals surface area contributed by atoms with Crippen LogP contribution in [0.1, 0.15) is 0 Å². The van der Waals surface area contributed by atoms with Crippen LogP contribution in [0.2, 0.25) is 0 Å². The van der Waals surface area contributed by atoms with Crippen molar-refractivity contribution in [3.05, 3.63) is 0 Å². The van der Waals surface area contributed by atoms with E-state index in [9.17, 15) is 0 Å². The molecule has 0 aromatic heterocycles. The first kappa shape index (κ1) is 92.5. The van der Waals surface area contributed by atoms with Gasteiger partial charge in [-0.3, -0.25) is 0 Å². The van der Waals surface area contributed by atoms with Crippen molar-refractivity contribution >= 4 is 0 Å². The Kier molecular flexibility index (Phi) is 8770.